The van der Waals surface area contributed by atoms with Crippen molar-refractivity contribution in [1.82, 2.24) is 0 Å². The summed E-state index contributed by atoms with van der Waals surface area (Å²) in [5, 5.41) is 9.91. The molecule has 3 aromatic rings. The van der Waals surface area contributed by atoms with Crippen molar-refractivity contribution >= 4 is 27.9 Å². The molecular formula is C24H28O6. The molecule has 1 heterocycles. The van der Waals surface area contributed by atoms with Gasteiger partial charge in [0, 0.05) is 5.56 Å². The Hall–Kier alpha value is -2.70. The average molecular weight is 412 g/mol. The van der Waals surface area contributed by atoms with E-state index in [1.165, 1.54) is 18.2 Å². The number of aromatic carboxylic acids is 1. The fourth-order valence-electron chi connectivity index (χ4n) is 3.65. The molecular weight excluding hydrogens is 384 g/mol. The minimum atomic E-state index is -1.09. The van der Waals surface area contributed by atoms with Crippen LogP contribution in [-0.4, -0.2) is 23.3 Å². The van der Waals surface area contributed by atoms with Crippen LogP contribution in [0.2, 0.25) is 0 Å². The van der Waals surface area contributed by atoms with Gasteiger partial charge in [-0.3, -0.25) is 4.79 Å². The van der Waals surface area contributed by atoms with Crippen LogP contribution in [0.4, 0.5) is 0 Å². The zero-order valence-corrected chi connectivity index (χ0v) is 18.2. The van der Waals surface area contributed by atoms with E-state index >= 15 is 0 Å². The Bertz CT molecular complexity index is 1140. The van der Waals surface area contributed by atoms with Crippen LogP contribution in [0.25, 0.3) is 21.9 Å². The van der Waals surface area contributed by atoms with Gasteiger partial charge in [-0.05, 0) is 77.4 Å². The van der Waals surface area contributed by atoms with Crippen molar-refractivity contribution < 1.29 is 23.8 Å². The number of hydrogen-bond donors (Lipinski definition) is 1. The number of carboxylic acids is 1. The molecule has 2 unspecified atom stereocenters. The molecule has 6 nitrogen and oxygen atoms in total. The monoisotopic (exact) mass is 412 g/mol. The lowest BCUT2D eigenvalue weighted by Crippen LogP contribution is -2.13. The Balaban J connectivity index is 2.32. The molecule has 0 amide bonds. The molecule has 0 aliphatic rings. The van der Waals surface area contributed by atoms with Gasteiger partial charge in [-0.15, -0.1) is 0 Å². The molecule has 6 heteroatoms. The van der Waals surface area contributed by atoms with E-state index in [2.05, 4.69) is 0 Å². The smallest absolute Gasteiger partial charge is 0.335 e. The number of hydrogen-bond acceptors (Lipinski definition) is 5. The molecule has 2 atom stereocenters. The van der Waals surface area contributed by atoms with Crippen LogP contribution in [-0.2, 0) is 9.47 Å². The van der Waals surface area contributed by atoms with Gasteiger partial charge in [-0.25, -0.2) is 4.79 Å². The summed E-state index contributed by atoms with van der Waals surface area (Å²) in [4.78, 5) is 24.7. The Labute approximate surface area is 175 Å². The third-order valence-corrected chi connectivity index (χ3v) is 4.93. The Morgan fingerprint density at radius 1 is 0.900 bits per heavy atom. The van der Waals surface area contributed by atoms with Crippen molar-refractivity contribution in [2.24, 2.45) is 0 Å². The molecule has 0 fully saturated rings. The van der Waals surface area contributed by atoms with E-state index in [0.29, 0.717) is 16.6 Å². The molecule has 1 aromatic heterocycles. The van der Waals surface area contributed by atoms with E-state index in [1.807, 2.05) is 47.6 Å². The summed E-state index contributed by atoms with van der Waals surface area (Å²) in [5.41, 5.74) is 2.16. The maximum absolute atomic E-state index is 13.3. The van der Waals surface area contributed by atoms with Crippen LogP contribution in [0.3, 0.4) is 0 Å². The predicted octanol–water partition coefficient (Wildman–Crippen LogP) is 5.62. The van der Waals surface area contributed by atoms with Crippen LogP contribution in [0.5, 0.6) is 0 Å². The molecule has 2 aromatic carbocycles. The number of ether oxygens (including phenoxy) is 2. The quantitative estimate of drug-likeness (QED) is 0.507. The van der Waals surface area contributed by atoms with E-state index in [1.54, 1.807) is 6.07 Å². The molecule has 1 N–H and O–H groups in total. The maximum Gasteiger partial charge on any atom is 0.335 e. The number of benzene rings is 2. The van der Waals surface area contributed by atoms with E-state index in [9.17, 15) is 14.7 Å². The zero-order chi connectivity index (χ0) is 22.2. The zero-order valence-electron chi connectivity index (χ0n) is 18.2. The summed E-state index contributed by atoms with van der Waals surface area (Å²) in [6.45, 7) is 11.7. The van der Waals surface area contributed by atoms with E-state index < -0.39 is 5.97 Å². The van der Waals surface area contributed by atoms with Gasteiger partial charge in [0.1, 0.15) is 11.2 Å². The summed E-state index contributed by atoms with van der Waals surface area (Å²) in [6.07, 6.45) is -0.527. The van der Waals surface area contributed by atoms with E-state index in [-0.39, 0.29) is 40.8 Å². The van der Waals surface area contributed by atoms with Crippen molar-refractivity contribution in [2.45, 2.75) is 66.0 Å². The highest BCUT2D eigenvalue weighted by Gasteiger charge is 2.21. The van der Waals surface area contributed by atoms with Crippen LogP contribution in [0.15, 0.2) is 39.5 Å². The molecule has 0 aliphatic heterocycles. The van der Waals surface area contributed by atoms with Crippen LogP contribution in [0, 0.1) is 0 Å². The highest BCUT2D eigenvalue weighted by Crippen LogP contribution is 2.33. The third-order valence-electron chi connectivity index (χ3n) is 4.93. The fraction of sp³-hybridized carbons (Fsp3) is 0.417. The fourth-order valence-corrected chi connectivity index (χ4v) is 3.65. The number of rotatable bonds is 7. The summed E-state index contributed by atoms with van der Waals surface area (Å²) in [6, 6.07) is 8.04. The van der Waals surface area contributed by atoms with Crippen LogP contribution < -0.4 is 5.43 Å². The van der Waals surface area contributed by atoms with Gasteiger partial charge in [0.2, 0.25) is 5.43 Å². The molecule has 30 heavy (non-hydrogen) atoms. The standard InChI is InChI=1S/C24H28O6/c1-12(2)28-14(5)17-10-18(15(6)29-13(3)4)23-20(11-17)22(25)19-9-16(24(26)27)7-8-21(19)30-23/h7-15H,1-6H3,(H,26,27). The minimum Gasteiger partial charge on any atom is -0.478 e. The first-order valence-electron chi connectivity index (χ1n) is 10.2. The molecule has 160 valence electrons. The molecule has 0 spiro atoms. The molecule has 0 bridgehead atoms. The second-order valence-electron chi connectivity index (χ2n) is 8.09. The van der Waals surface area contributed by atoms with Crippen molar-refractivity contribution in [3.8, 4) is 0 Å². The number of carboxylic acid groups (broad SMARTS) is 1. The first-order valence-corrected chi connectivity index (χ1v) is 10.2. The van der Waals surface area contributed by atoms with E-state index in [4.69, 9.17) is 13.9 Å². The SMILES string of the molecule is CC(C)OC(C)c1cc(C(C)OC(C)C)c2oc3ccc(C(=O)O)cc3c(=O)c2c1. The van der Waals surface area contributed by atoms with Gasteiger partial charge >= 0.3 is 5.97 Å². The van der Waals surface area contributed by atoms with Crippen molar-refractivity contribution in [1.29, 1.82) is 0 Å². The topological polar surface area (TPSA) is 86.0 Å². The average Bonchev–Trinajstić information content (AvgIpc) is 2.66. The van der Waals surface area contributed by atoms with Gasteiger partial charge < -0.3 is 19.0 Å². The summed E-state index contributed by atoms with van der Waals surface area (Å²) in [7, 11) is 0. The Kier molecular flexibility index (Phi) is 6.29. The van der Waals surface area contributed by atoms with Gasteiger partial charge in [0.25, 0.3) is 0 Å². The Morgan fingerprint density at radius 3 is 2.13 bits per heavy atom. The first-order chi connectivity index (χ1) is 14.1. The Morgan fingerprint density at radius 2 is 1.53 bits per heavy atom. The lowest BCUT2D eigenvalue weighted by molar-refractivity contribution is 0.0146. The number of carbonyl (C=O) groups is 1. The maximum atomic E-state index is 13.3. The lowest BCUT2D eigenvalue weighted by Gasteiger charge is -2.22. The molecule has 0 saturated carbocycles. The third kappa shape index (κ3) is 4.40. The second-order valence-corrected chi connectivity index (χ2v) is 8.09. The van der Waals surface area contributed by atoms with Crippen LogP contribution >= 0.6 is 0 Å². The molecule has 0 radical (unpaired) electrons. The van der Waals surface area contributed by atoms with Crippen LogP contribution in [0.1, 0.15) is 75.2 Å². The lowest BCUT2D eigenvalue weighted by atomic mass is 9.98. The van der Waals surface area contributed by atoms with Gasteiger partial charge in [-0.1, -0.05) is 0 Å². The largest absolute Gasteiger partial charge is 0.478 e. The van der Waals surface area contributed by atoms with Gasteiger partial charge in [0.05, 0.1) is 40.8 Å². The minimum absolute atomic E-state index is 0.00616. The van der Waals surface area contributed by atoms with Crippen molar-refractivity contribution in [3.05, 3.63) is 57.2 Å². The van der Waals surface area contributed by atoms with Gasteiger partial charge in [0.15, 0.2) is 0 Å². The highest BCUT2D eigenvalue weighted by molar-refractivity contribution is 5.96. The van der Waals surface area contributed by atoms with Crippen molar-refractivity contribution in [2.75, 3.05) is 0 Å². The highest BCUT2D eigenvalue weighted by atomic mass is 16.5. The predicted molar refractivity (Wildman–Crippen MR) is 116 cm³/mol. The first kappa shape index (κ1) is 22.0. The van der Waals surface area contributed by atoms with E-state index in [0.717, 1.165) is 11.1 Å². The normalized spacial score (nSPS) is 14.0. The summed E-state index contributed by atoms with van der Waals surface area (Å²) >= 11 is 0. The molecule has 0 aliphatic carbocycles. The second kappa shape index (κ2) is 8.58. The van der Waals surface area contributed by atoms with Gasteiger partial charge in [-0.2, -0.15) is 0 Å². The number of fused-ring (bicyclic) bond motifs is 2. The summed E-state index contributed by atoms with van der Waals surface area (Å²) < 4.78 is 18.0. The molecule has 3 rings (SSSR count). The summed E-state index contributed by atoms with van der Waals surface area (Å²) in [5.74, 6) is -1.09. The van der Waals surface area contributed by atoms with Crippen molar-refractivity contribution in [3.63, 3.8) is 0 Å². The molecule has 0 saturated heterocycles.